The second kappa shape index (κ2) is 8.00. The van der Waals surface area contributed by atoms with E-state index in [4.69, 9.17) is 0 Å². The lowest BCUT2D eigenvalue weighted by molar-refractivity contribution is -0.117. The van der Waals surface area contributed by atoms with Crippen molar-refractivity contribution in [3.8, 4) is 0 Å². The van der Waals surface area contributed by atoms with E-state index >= 15 is 0 Å². The molecule has 0 bridgehead atoms. The van der Waals surface area contributed by atoms with Gasteiger partial charge in [0.25, 0.3) is 0 Å². The van der Waals surface area contributed by atoms with Crippen LogP contribution in [-0.2, 0) is 16.0 Å². The Morgan fingerprint density at radius 1 is 1.15 bits per heavy atom. The van der Waals surface area contributed by atoms with Gasteiger partial charge in [0.2, 0.25) is 11.8 Å². The molecule has 2 amide bonds. The van der Waals surface area contributed by atoms with Crippen LogP contribution in [0.5, 0.6) is 0 Å². The van der Waals surface area contributed by atoms with Crippen LogP contribution < -0.4 is 10.2 Å². The molecule has 4 heteroatoms. The third-order valence-electron chi connectivity index (χ3n) is 4.69. The second-order valence-electron chi connectivity index (χ2n) is 6.64. The summed E-state index contributed by atoms with van der Waals surface area (Å²) < 4.78 is 0. The zero-order valence-electron chi connectivity index (χ0n) is 15.2. The lowest BCUT2D eigenvalue weighted by atomic mass is 9.97. The number of benzene rings is 2. The van der Waals surface area contributed by atoms with Gasteiger partial charge in [-0.05, 0) is 48.6 Å². The van der Waals surface area contributed by atoms with Crippen LogP contribution in [0.25, 0.3) is 6.08 Å². The molecular weight excluding hydrogens is 324 g/mol. The zero-order valence-corrected chi connectivity index (χ0v) is 15.2. The average molecular weight is 348 g/mol. The third-order valence-corrected chi connectivity index (χ3v) is 4.69. The summed E-state index contributed by atoms with van der Waals surface area (Å²) in [5.74, 6) is -0.0759. The van der Waals surface area contributed by atoms with E-state index in [1.54, 1.807) is 19.1 Å². The van der Waals surface area contributed by atoms with Crippen molar-refractivity contribution in [3.05, 3.63) is 71.3 Å². The van der Waals surface area contributed by atoms with Gasteiger partial charge in [-0.3, -0.25) is 9.59 Å². The number of fused-ring (bicyclic) bond motifs is 1. The molecule has 1 atom stereocenters. The molecule has 4 nitrogen and oxygen atoms in total. The summed E-state index contributed by atoms with van der Waals surface area (Å²) in [5.41, 5.74) is 4.15. The lowest BCUT2D eigenvalue weighted by Gasteiger charge is -2.29. The maximum absolute atomic E-state index is 12.2. The Bertz CT molecular complexity index is 827. The topological polar surface area (TPSA) is 49.4 Å². The number of carbonyl (C=O) groups is 2. The molecule has 1 unspecified atom stereocenters. The summed E-state index contributed by atoms with van der Waals surface area (Å²) in [6.07, 6.45) is 5.32. The Kier molecular flexibility index (Phi) is 5.52. The van der Waals surface area contributed by atoms with Crippen molar-refractivity contribution in [2.24, 2.45) is 0 Å². The number of carbonyl (C=O) groups excluding carboxylic acids is 2. The van der Waals surface area contributed by atoms with E-state index in [1.165, 1.54) is 5.56 Å². The summed E-state index contributed by atoms with van der Waals surface area (Å²) in [5, 5.41) is 2.99. The highest BCUT2D eigenvalue weighted by molar-refractivity contribution is 5.93. The van der Waals surface area contributed by atoms with E-state index in [-0.39, 0.29) is 17.9 Å². The number of hydrogen-bond donors (Lipinski definition) is 1. The molecule has 134 valence electrons. The maximum atomic E-state index is 12.2. The van der Waals surface area contributed by atoms with Crippen molar-refractivity contribution >= 4 is 23.6 Å². The molecule has 0 saturated heterocycles. The first-order chi connectivity index (χ1) is 12.5. The molecule has 0 fully saturated rings. The van der Waals surface area contributed by atoms with Crippen molar-refractivity contribution in [1.29, 1.82) is 0 Å². The molecule has 3 rings (SSSR count). The molecule has 1 aliphatic heterocycles. The summed E-state index contributed by atoms with van der Waals surface area (Å²) in [7, 11) is 0. The molecule has 0 spiro atoms. The predicted molar refractivity (Wildman–Crippen MR) is 105 cm³/mol. The first-order valence-corrected chi connectivity index (χ1v) is 8.99. The van der Waals surface area contributed by atoms with Crippen LogP contribution in [0.3, 0.4) is 0 Å². The quantitative estimate of drug-likeness (QED) is 0.853. The van der Waals surface area contributed by atoms with Gasteiger partial charge < -0.3 is 10.2 Å². The largest absolute Gasteiger partial charge is 0.346 e. The fourth-order valence-electron chi connectivity index (χ4n) is 3.27. The van der Waals surface area contributed by atoms with E-state index in [1.807, 2.05) is 54.3 Å². The Labute approximate surface area is 154 Å². The summed E-state index contributed by atoms with van der Waals surface area (Å²) >= 11 is 0. The number of hydrogen-bond acceptors (Lipinski definition) is 2. The minimum absolute atomic E-state index is 0.0607. The zero-order chi connectivity index (χ0) is 18.5. The molecular formula is C22H24N2O2. The molecule has 1 heterocycles. The molecule has 1 aliphatic rings. The van der Waals surface area contributed by atoms with Crippen LogP contribution in [-0.4, -0.2) is 18.4 Å². The molecule has 2 aromatic rings. The van der Waals surface area contributed by atoms with Gasteiger partial charge in [-0.15, -0.1) is 0 Å². The Morgan fingerprint density at radius 2 is 1.92 bits per heavy atom. The fourth-order valence-corrected chi connectivity index (χ4v) is 3.27. The predicted octanol–water partition coefficient (Wildman–Crippen LogP) is 3.88. The molecule has 0 radical (unpaired) electrons. The number of nitrogens with zero attached hydrogens (tertiary/aromatic N) is 1. The Balaban J connectivity index is 1.71. The molecule has 0 saturated carbocycles. The van der Waals surface area contributed by atoms with Gasteiger partial charge in [0, 0.05) is 25.2 Å². The van der Waals surface area contributed by atoms with Gasteiger partial charge in [0.15, 0.2) is 0 Å². The molecule has 1 N–H and O–H groups in total. The molecule has 26 heavy (non-hydrogen) atoms. The van der Waals surface area contributed by atoms with Crippen LogP contribution in [0.15, 0.2) is 54.6 Å². The standard InChI is InChI=1S/C22H24N2O2/c1-16(23-22(26)13-10-18-7-4-3-5-8-18)20-12-11-19-9-6-14-24(17(2)25)21(19)15-20/h3-5,7-8,10-13,15-16H,6,9,14H2,1-2H3,(H,23,26)/b13-10-. The highest BCUT2D eigenvalue weighted by Gasteiger charge is 2.21. The summed E-state index contributed by atoms with van der Waals surface area (Å²) in [6, 6.07) is 15.7. The fraction of sp³-hybridized carbons (Fsp3) is 0.273. The summed E-state index contributed by atoms with van der Waals surface area (Å²) in [4.78, 5) is 25.9. The minimum atomic E-state index is -0.137. The van der Waals surface area contributed by atoms with Gasteiger partial charge in [0.05, 0.1) is 6.04 Å². The molecule has 0 aromatic heterocycles. The Morgan fingerprint density at radius 3 is 2.65 bits per heavy atom. The first-order valence-electron chi connectivity index (χ1n) is 8.99. The third kappa shape index (κ3) is 4.20. The minimum Gasteiger partial charge on any atom is -0.346 e. The first kappa shape index (κ1) is 17.9. The number of aryl methyl sites for hydroxylation is 1. The van der Waals surface area contributed by atoms with E-state index in [9.17, 15) is 9.59 Å². The van der Waals surface area contributed by atoms with E-state index in [0.717, 1.165) is 36.2 Å². The van der Waals surface area contributed by atoms with Gasteiger partial charge in [-0.25, -0.2) is 0 Å². The molecule has 0 aliphatic carbocycles. The number of rotatable bonds is 4. The van der Waals surface area contributed by atoms with Crippen LogP contribution >= 0.6 is 0 Å². The van der Waals surface area contributed by atoms with Crippen LogP contribution in [0, 0.1) is 0 Å². The van der Waals surface area contributed by atoms with Crippen molar-refractivity contribution in [3.63, 3.8) is 0 Å². The molecule has 2 aromatic carbocycles. The van der Waals surface area contributed by atoms with Crippen molar-refractivity contribution < 1.29 is 9.59 Å². The van der Waals surface area contributed by atoms with Gasteiger partial charge in [-0.1, -0.05) is 42.5 Å². The van der Waals surface area contributed by atoms with Crippen LogP contribution in [0.4, 0.5) is 5.69 Å². The maximum Gasteiger partial charge on any atom is 0.244 e. The number of nitrogens with one attached hydrogen (secondary N) is 1. The van der Waals surface area contributed by atoms with E-state index in [0.29, 0.717) is 0 Å². The van der Waals surface area contributed by atoms with Crippen molar-refractivity contribution in [2.45, 2.75) is 32.7 Å². The van der Waals surface area contributed by atoms with E-state index < -0.39 is 0 Å². The lowest BCUT2D eigenvalue weighted by Crippen LogP contribution is -2.34. The van der Waals surface area contributed by atoms with Crippen molar-refractivity contribution in [2.75, 3.05) is 11.4 Å². The smallest absolute Gasteiger partial charge is 0.244 e. The van der Waals surface area contributed by atoms with Gasteiger partial charge >= 0.3 is 0 Å². The number of anilines is 1. The van der Waals surface area contributed by atoms with Crippen molar-refractivity contribution in [1.82, 2.24) is 5.32 Å². The highest BCUT2D eigenvalue weighted by Crippen LogP contribution is 2.30. The normalized spacial score (nSPS) is 14.8. The average Bonchev–Trinajstić information content (AvgIpc) is 2.66. The summed E-state index contributed by atoms with van der Waals surface area (Å²) in [6.45, 7) is 4.31. The SMILES string of the molecule is CC(=O)N1CCCc2ccc(C(C)NC(=O)/C=C\c3ccccc3)cc21. The highest BCUT2D eigenvalue weighted by atomic mass is 16.2. The number of amides is 2. The second-order valence-corrected chi connectivity index (χ2v) is 6.64. The van der Waals surface area contributed by atoms with Gasteiger partial charge in [-0.2, -0.15) is 0 Å². The van der Waals surface area contributed by atoms with Crippen LogP contribution in [0.1, 0.15) is 43.0 Å². The van der Waals surface area contributed by atoms with E-state index in [2.05, 4.69) is 11.4 Å². The van der Waals surface area contributed by atoms with Crippen LogP contribution in [0.2, 0.25) is 0 Å². The Hall–Kier alpha value is -2.88. The van der Waals surface area contributed by atoms with Gasteiger partial charge in [0.1, 0.15) is 0 Å². The monoisotopic (exact) mass is 348 g/mol.